The second-order valence-electron chi connectivity index (χ2n) is 5.59. The van der Waals surface area contributed by atoms with Gasteiger partial charge in [-0.3, -0.25) is 4.79 Å². The van der Waals surface area contributed by atoms with Gasteiger partial charge in [0.05, 0.1) is 0 Å². The molecule has 0 radical (unpaired) electrons. The molecule has 0 aromatic rings. The summed E-state index contributed by atoms with van der Waals surface area (Å²) in [6, 6.07) is -0.637. The molecule has 2 rings (SSSR count). The van der Waals surface area contributed by atoms with Crippen molar-refractivity contribution in [3.63, 3.8) is 0 Å². The Kier molecular flexibility index (Phi) is 3.73. The summed E-state index contributed by atoms with van der Waals surface area (Å²) in [4.78, 5) is 25.3. The lowest BCUT2D eigenvalue weighted by Gasteiger charge is -2.36. The van der Waals surface area contributed by atoms with Gasteiger partial charge in [-0.25, -0.2) is 4.79 Å². The molecule has 2 unspecified atom stereocenters. The van der Waals surface area contributed by atoms with E-state index in [-0.39, 0.29) is 5.91 Å². The third-order valence-electron chi connectivity index (χ3n) is 4.16. The minimum absolute atomic E-state index is 0.0377. The molecule has 0 bridgehead atoms. The minimum atomic E-state index is -0.869. The van der Waals surface area contributed by atoms with Gasteiger partial charge in [0.25, 0.3) is 0 Å². The summed E-state index contributed by atoms with van der Waals surface area (Å²) >= 11 is 0. The van der Waals surface area contributed by atoms with E-state index in [0.29, 0.717) is 18.9 Å². The first-order valence-electron chi connectivity index (χ1n) is 6.73. The van der Waals surface area contributed by atoms with Gasteiger partial charge in [-0.1, -0.05) is 12.5 Å². The van der Waals surface area contributed by atoms with Crippen LogP contribution in [0.2, 0.25) is 0 Å². The fourth-order valence-electron chi connectivity index (χ4n) is 2.98. The number of carbonyl (C=O) groups excluding carboxylic acids is 1. The number of rotatable bonds is 2. The lowest BCUT2D eigenvalue weighted by Crippen LogP contribution is -2.50. The summed E-state index contributed by atoms with van der Waals surface area (Å²) in [7, 11) is 0. The molecule has 1 aliphatic carbocycles. The van der Waals surface area contributed by atoms with Gasteiger partial charge in [0, 0.05) is 12.1 Å². The summed E-state index contributed by atoms with van der Waals surface area (Å²) < 4.78 is 0. The van der Waals surface area contributed by atoms with Gasteiger partial charge in [-0.2, -0.15) is 0 Å². The Hall–Kier alpha value is -1.32. The normalized spacial score (nSPS) is 28.7. The fourth-order valence-corrected chi connectivity index (χ4v) is 2.98. The van der Waals surface area contributed by atoms with Gasteiger partial charge in [0.2, 0.25) is 5.91 Å². The molecule has 1 amide bonds. The molecule has 1 aliphatic heterocycles. The number of carbonyl (C=O) groups is 2. The van der Waals surface area contributed by atoms with E-state index in [4.69, 9.17) is 0 Å². The second-order valence-corrected chi connectivity index (χ2v) is 5.59. The molecule has 100 valence electrons. The SMILES string of the molecule is CC1=C(C(=O)N2CCC(C)CC2C(=O)O)CCC1. The van der Waals surface area contributed by atoms with Crippen LogP contribution < -0.4 is 0 Å². The first-order chi connectivity index (χ1) is 8.50. The predicted molar refractivity (Wildman–Crippen MR) is 68.1 cm³/mol. The second kappa shape index (κ2) is 5.12. The number of likely N-dealkylation sites (tertiary alicyclic amines) is 1. The van der Waals surface area contributed by atoms with Crippen LogP contribution >= 0.6 is 0 Å². The van der Waals surface area contributed by atoms with Gasteiger partial charge in [-0.05, 0) is 44.9 Å². The molecule has 0 aromatic heterocycles. The first-order valence-corrected chi connectivity index (χ1v) is 6.73. The zero-order valence-electron chi connectivity index (χ0n) is 11.1. The molecular weight excluding hydrogens is 230 g/mol. The Bertz CT molecular complexity index is 400. The van der Waals surface area contributed by atoms with E-state index in [1.165, 1.54) is 0 Å². The number of carboxylic acid groups (broad SMARTS) is 1. The van der Waals surface area contributed by atoms with Crippen LogP contribution in [-0.4, -0.2) is 34.5 Å². The third-order valence-corrected chi connectivity index (χ3v) is 4.16. The van der Waals surface area contributed by atoms with Crippen molar-refractivity contribution in [1.29, 1.82) is 0 Å². The summed E-state index contributed by atoms with van der Waals surface area (Å²) in [6.45, 7) is 4.62. The fraction of sp³-hybridized carbons (Fsp3) is 0.714. The molecule has 0 aromatic carbocycles. The number of piperidine rings is 1. The molecular formula is C14H21NO3. The Morgan fingerprint density at radius 2 is 2.06 bits per heavy atom. The third kappa shape index (κ3) is 2.42. The number of carboxylic acids is 1. The van der Waals surface area contributed by atoms with Crippen LogP contribution in [0.3, 0.4) is 0 Å². The van der Waals surface area contributed by atoms with Crippen molar-refractivity contribution in [2.45, 2.75) is 52.0 Å². The molecule has 2 atom stereocenters. The van der Waals surface area contributed by atoms with Gasteiger partial charge < -0.3 is 10.0 Å². The van der Waals surface area contributed by atoms with E-state index in [1.54, 1.807) is 4.90 Å². The van der Waals surface area contributed by atoms with Crippen molar-refractivity contribution >= 4 is 11.9 Å². The van der Waals surface area contributed by atoms with Crippen LogP contribution in [-0.2, 0) is 9.59 Å². The van der Waals surface area contributed by atoms with Crippen molar-refractivity contribution in [3.8, 4) is 0 Å². The maximum atomic E-state index is 12.4. The number of allylic oxidation sites excluding steroid dienone is 1. The monoisotopic (exact) mass is 251 g/mol. The molecule has 0 spiro atoms. The van der Waals surface area contributed by atoms with Crippen LogP contribution in [0, 0.1) is 5.92 Å². The molecule has 1 saturated heterocycles. The van der Waals surface area contributed by atoms with E-state index in [9.17, 15) is 14.7 Å². The average molecular weight is 251 g/mol. The highest BCUT2D eigenvalue weighted by Crippen LogP contribution is 2.30. The summed E-state index contributed by atoms with van der Waals surface area (Å²) in [6.07, 6.45) is 4.29. The highest BCUT2D eigenvalue weighted by Gasteiger charge is 2.36. The van der Waals surface area contributed by atoms with E-state index in [1.807, 2.05) is 6.92 Å². The van der Waals surface area contributed by atoms with Gasteiger partial charge >= 0.3 is 5.97 Å². The van der Waals surface area contributed by atoms with E-state index in [0.717, 1.165) is 36.8 Å². The first kappa shape index (κ1) is 13.1. The van der Waals surface area contributed by atoms with E-state index in [2.05, 4.69) is 6.92 Å². The predicted octanol–water partition coefficient (Wildman–Crippen LogP) is 2.20. The summed E-state index contributed by atoms with van der Waals surface area (Å²) in [5.41, 5.74) is 2.00. The molecule has 4 nitrogen and oxygen atoms in total. The van der Waals surface area contributed by atoms with Crippen LogP contribution in [0.15, 0.2) is 11.1 Å². The van der Waals surface area contributed by atoms with Gasteiger partial charge in [-0.15, -0.1) is 0 Å². The van der Waals surface area contributed by atoms with Crippen molar-refractivity contribution in [2.24, 2.45) is 5.92 Å². The van der Waals surface area contributed by atoms with E-state index < -0.39 is 12.0 Å². The topological polar surface area (TPSA) is 57.6 Å². The van der Waals surface area contributed by atoms with Crippen LogP contribution in [0.25, 0.3) is 0 Å². The standard InChI is InChI=1S/C14H21NO3/c1-9-6-7-15(12(8-9)14(17)18)13(16)11-5-3-4-10(11)2/h9,12H,3-8H2,1-2H3,(H,17,18). The molecule has 1 fully saturated rings. The van der Waals surface area contributed by atoms with E-state index >= 15 is 0 Å². The Morgan fingerprint density at radius 3 is 2.61 bits per heavy atom. The van der Waals surface area contributed by atoms with Gasteiger partial charge in [0.1, 0.15) is 6.04 Å². The summed E-state index contributed by atoms with van der Waals surface area (Å²) in [5, 5.41) is 9.27. The number of hydrogen-bond acceptors (Lipinski definition) is 2. The van der Waals surface area contributed by atoms with Crippen molar-refractivity contribution in [3.05, 3.63) is 11.1 Å². The minimum Gasteiger partial charge on any atom is -0.480 e. The largest absolute Gasteiger partial charge is 0.480 e. The van der Waals surface area contributed by atoms with Crippen molar-refractivity contribution in [2.75, 3.05) is 6.54 Å². The highest BCUT2D eigenvalue weighted by atomic mass is 16.4. The maximum Gasteiger partial charge on any atom is 0.326 e. The lowest BCUT2D eigenvalue weighted by atomic mass is 9.91. The number of hydrogen-bond donors (Lipinski definition) is 1. The zero-order chi connectivity index (χ0) is 13.3. The average Bonchev–Trinajstić information content (AvgIpc) is 2.74. The Balaban J connectivity index is 2.18. The van der Waals surface area contributed by atoms with Crippen molar-refractivity contribution < 1.29 is 14.7 Å². The highest BCUT2D eigenvalue weighted by molar-refractivity contribution is 5.97. The Morgan fingerprint density at radius 1 is 1.33 bits per heavy atom. The maximum absolute atomic E-state index is 12.4. The molecule has 0 saturated carbocycles. The quantitative estimate of drug-likeness (QED) is 0.818. The molecule has 2 aliphatic rings. The zero-order valence-corrected chi connectivity index (χ0v) is 11.1. The molecule has 18 heavy (non-hydrogen) atoms. The smallest absolute Gasteiger partial charge is 0.326 e. The van der Waals surface area contributed by atoms with Crippen molar-refractivity contribution in [1.82, 2.24) is 4.90 Å². The van der Waals surface area contributed by atoms with Crippen LogP contribution in [0.4, 0.5) is 0 Å². The van der Waals surface area contributed by atoms with Gasteiger partial charge in [0.15, 0.2) is 0 Å². The number of aliphatic carboxylic acids is 1. The summed E-state index contributed by atoms with van der Waals surface area (Å²) in [5.74, 6) is -0.524. The molecule has 1 N–H and O–H groups in total. The van der Waals surface area contributed by atoms with Crippen LogP contribution in [0.5, 0.6) is 0 Å². The lowest BCUT2D eigenvalue weighted by molar-refractivity contribution is -0.151. The molecule has 4 heteroatoms. The van der Waals surface area contributed by atoms with Crippen LogP contribution in [0.1, 0.15) is 46.0 Å². The Labute approximate surface area is 108 Å². The number of nitrogens with zero attached hydrogens (tertiary/aromatic N) is 1. The molecule has 1 heterocycles. The number of amides is 1.